The number of pyridine rings is 2. The van der Waals surface area contributed by atoms with Crippen LogP contribution < -0.4 is 5.32 Å². The van der Waals surface area contributed by atoms with Gasteiger partial charge in [-0.1, -0.05) is 17.7 Å². The van der Waals surface area contributed by atoms with Crippen LogP contribution in [-0.4, -0.2) is 33.5 Å². The van der Waals surface area contributed by atoms with E-state index >= 15 is 0 Å². The van der Waals surface area contributed by atoms with Gasteiger partial charge in [0, 0.05) is 52.4 Å². The number of hydrogen-bond donors (Lipinski definition) is 2. The van der Waals surface area contributed by atoms with Crippen molar-refractivity contribution in [3.63, 3.8) is 0 Å². The summed E-state index contributed by atoms with van der Waals surface area (Å²) in [6, 6.07) is 17.5. The maximum absolute atomic E-state index is 10.8. The molecule has 3 aromatic heterocycles. The first-order chi connectivity index (χ1) is 16.1. The van der Waals surface area contributed by atoms with Crippen LogP contribution in [0.1, 0.15) is 32.9 Å². The second-order valence-corrected chi connectivity index (χ2v) is 8.25. The number of aldehydes is 1. The topological polar surface area (TPSA) is 83.6 Å². The molecule has 0 saturated carbocycles. The average molecular weight is 458 g/mol. The molecule has 166 valence electrons. The van der Waals surface area contributed by atoms with E-state index in [-0.39, 0.29) is 0 Å². The quantitative estimate of drug-likeness (QED) is 0.351. The Labute approximate surface area is 197 Å². The first-order valence-corrected chi connectivity index (χ1v) is 11.0. The SMILES string of the molecule is CNCc1[nH]nc2ccc(Cl)cc12.Cc1cnc2ccc(Cc3cc(C=O)ccn3)cc2c1. The minimum atomic E-state index is 0.660. The maximum Gasteiger partial charge on any atom is 0.150 e. The molecule has 7 heteroatoms. The van der Waals surface area contributed by atoms with Crippen molar-refractivity contribution in [1.82, 2.24) is 25.5 Å². The van der Waals surface area contributed by atoms with Gasteiger partial charge in [0.25, 0.3) is 0 Å². The molecule has 0 fully saturated rings. The number of aromatic amines is 1. The lowest BCUT2D eigenvalue weighted by molar-refractivity contribution is 0.112. The van der Waals surface area contributed by atoms with E-state index in [0.717, 1.165) is 56.6 Å². The third-order valence-electron chi connectivity index (χ3n) is 5.19. The van der Waals surface area contributed by atoms with Crippen molar-refractivity contribution in [2.24, 2.45) is 0 Å². The monoisotopic (exact) mass is 457 g/mol. The summed E-state index contributed by atoms with van der Waals surface area (Å²) in [5.41, 5.74) is 6.89. The molecule has 2 N–H and O–H groups in total. The molecule has 0 aliphatic heterocycles. The van der Waals surface area contributed by atoms with E-state index in [2.05, 4.69) is 43.7 Å². The Morgan fingerprint density at radius 2 is 1.88 bits per heavy atom. The fraction of sp³-hybridized carbons (Fsp3) is 0.154. The highest BCUT2D eigenvalue weighted by Gasteiger charge is 2.04. The van der Waals surface area contributed by atoms with Crippen molar-refractivity contribution in [3.05, 3.63) is 100 Å². The number of rotatable bonds is 5. The summed E-state index contributed by atoms with van der Waals surface area (Å²) in [7, 11) is 1.90. The fourth-order valence-corrected chi connectivity index (χ4v) is 3.80. The van der Waals surface area contributed by atoms with Crippen molar-refractivity contribution in [3.8, 4) is 0 Å². The van der Waals surface area contributed by atoms with Gasteiger partial charge in [0.15, 0.2) is 0 Å². The highest BCUT2D eigenvalue weighted by molar-refractivity contribution is 6.31. The summed E-state index contributed by atoms with van der Waals surface area (Å²) in [5, 5.41) is 13.2. The van der Waals surface area contributed by atoms with Crippen LogP contribution in [0.25, 0.3) is 21.8 Å². The van der Waals surface area contributed by atoms with E-state index in [4.69, 9.17) is 11.6 Å². The lowest BCUT2D eigenvalue weighted by atomic mass is 10.0. The van der Waals surface area contributed by atoms with Gasteiger partial charge in [0.1, 0.15) is 6.29 Å². The molecule has 0 radical (unpaired) electrons. The molecule has 0 unspecified atom stereocenters. The Bertz CT molecular complexity index is 1410. The van der Waals surface area contributed by atoms with Crippen molar-refractivity contribution >= 4 is 39.7 Å². The van der Waals surface area contributed by atoms with Gasteiger partial charge in [-0.2, -0.15) is 5.10 Å². The molecular formula is C26H24ClN5O. The molecule has 0 spiro atoms. The predicted molar refractivity (Wildman–Crippen MR) is 133 cm³/mol. The molecule has 0 atom stereocenters. The number of carbonyl (C=O) groups is 1. The molecule has 3 heterocycles. The lowest BCUT2D eigenvalue weighted by Gasteiger charge is -2.04. The van der Waals surface area contributed by atoms with Crippen molar-refractivity contribution in [1.29, 1.82) is 0 Å². The van der Waals surface area contributed by atoms with Gasteiger partial charge in [0.2, 0.25) is 0 Å². The number of fused-ring (bicyclic) bond motifs is 2. The lowest BCUT2D eigenvalue weighted by Crippen LogP contribution is -2.05. The summed E-state index contributed by atoms with van der Waals surface area (Å²) in [6.45, 7) is 2.81. The third-order valence-corrected chi connectivity index (χ3v) is 5.43. The van der Waals surface area contributed by atoms with Crippen molar-refractivity contribution in [2.45, 2.75) is 19.9 Å². The van der Waals surface area contributed by atoms with E-state index in [1.165, 1.54) is 5.56 Å². The van der Waals surface area contributed by atoms with Crippen molar-refractivity contribution in [2.75, 3.05) is 7.05 Å². The largest absolute Gasteiger partial charge is 0.314 e. The minimum absolute atomic E-state index is 0.660. The molecule has 6 nitrogen and oxygen atoms in total. The zero-order valence-corrected chi connectivity index (χ0v) is 19.2. The molecule has 0 bridgehead atoms. The second-order valence-electron chi connectivity index (χ2n) is 7.81. The fourth-order valence-electron chi connectivity index (χ4n) is 3.62. The van der Waals surface area contributed by atoms with Crippen LogP contribution in [0.4, 0.5) is 0 Å². The van der Waals surface area contributed by atoms with Crippen LogP contribution in [0, 0.1) is 6.92 Å². The normalized spacial score (nSPS) is 10.8. The van der Waals surface area contributed by atoms with E-state index in [1.54, 1.807) is 12.3 Å². The molecule has 0 aliphatic carbocycles. The number of H-pyrrole nitrogens is 1. The number of hydrogen-bond acceptors (Lipinski definition) is 5. The van der Waals surface area contributed by atoms with Crippen LogP contribution in [0.2, 0.25) is 5.02 Å². The highest BCUT2D eigenvalue weighted by atomic mass is 35.5. The Morgan fingerprint density at radius 1 is 1.03 bits per heavy atom. The van der Waals surface area contributed by atoms with E-state index < -0.39 is 0 Å². The van der Waals surface area contributed by atoms with Gasteiger partial charge in [-0.3, -0.25) is 19.9 Å². The summed E-state index contributed by atoms with van der Waals surface area (Å²) in [4.78, 5) is 19.5. The molecule has 5 aromatic rings. The van der Waals surface area contributed by atoms with Gasteiger partial charge in [-0.15, -0.1) is 0 Å². The van der Waals surface area contributed by atoms with Crippen LogP contribution in [0.5, 0.6) is 0 Å². The van der Waals surface area contributed by atoms with Crippen LogP contribution in [-0.2, 0) is 13.0 Å². The van der Waals surface area contributed by atoms with Crippen LogP contribution >= 0.6 is 11.6 Å². The molecule has 33 heavy (non-hydrogen) atoms. The molecule has 0 amide bonds. The number of halogens is 1. The van der Waals surface area contributed by atoms with Gasteiger partial charge >= 0.3 is 0 Å². The smallest absolute Gasteiger partial charge is 0.150 e. The van der Waals surface area contributed by atoms with Gasteiger partial charge in [-0.25, -0.2) is 0 Å². The van der Waals surface area contributed by atoms with E-state index in [1.807, 2.05) is 50.5 Å². The zero-order valence-electron chi connectivity index (χ0n) is 18.5. The summed E-state index contributed by atoms with van der Waals surface area (Å²) < 4.78 is 0. The molecular weight excluding hydrogens is 434 g/mol. The Morgan fingerprint density at radius 3 is 2.70 bits per heavy atom. The first kappa shape index (κ1) is 22.6. The number of carbonyl (C=O) groups excluding carboxylic acids is 1. The van der Waals surface area contributed by atoms with Crippen LogP contribution in [0.15, 0.2) is 67.0 Å². The summed E-state index contributed by atoms with van der Waals surface area (Å²) >= 11 is 5.89. The third kappa shape index (κ3) is 5.61. The Hall–Kier alpha value is -3.61. The van der Waals surface area contributed by atoms with Crippen LogP contribution in [0.3, 0.4) is 0 Å². The minimum Gasteiger partial charge on any atom is -0.314 e. The van der Waals surface area contributed by atoms with Gasteiger partial charge in [0.05, 0.1) is 16.7 Å². The zero-order chi connectivity index (χ0) is 23.2. The van der Waals surface area contributed by atoms with Gasteiger partial charge < -0.3 is 5.32 Å². The summed E-state index contributed by atoms with van der Waals surface area (Å²) in [6.07, 6.45) is 5.10. The maximum atomic E-state index is 10.8. The Balaban J connectivity index is 0.000000172. The molecule has 0 aliphatic rings. The number of benzene rings is 2. The van der Waals surface area contributed by atoms with Gasteiger partial charge in [-0.05, 0) is 73.6 Å². The number of aryl methyl sites for hydroxylation is 1. The van der Waals surface area contributed by atoms with Crippen molar-refractivity contribution < 1.29 is 4.79 Å². The first-order valence-electron chi connectivity index (χ1n) is 10.6. The second kappa shape index (κ2) is 10.3. The molecule has 5 rings (SSSR count). The number of nitrogens with zero attached hydrogens (tertiary/aromatic N) is 3. The number of nitrogens with one attached hydrogen (secondary N) is 2. The summed E-state index contributed by atoms with van der Waals surface area (Å²) in [5.74, 6) is 0. The highest BCUT2D eigenvalue weighted by Crippen LogP contribution is 2.20. The molecule has 0 saturated heterocycles. The predicted octanol–water partition coefficient (Wildman–Crippen LogP) is 5.28. The Kier molecular flexibility index (Phi) is 7.07. The standard InChI is InChI=1S/C17H14N2O.C9H10ClN3/c1-12-6-15-7-13(2-3-17(15)19-10-12)8-16-9-14(11-20)4-5-18-16;1-11-5-9-7-4-6(10)2-3-8(7)12-13-9/h2-7,9-11H,8H2,1H3;2-4,11H,5H2,1H3,(H,12,13). The average Bonchev–Trinajstić information content (AvgIpc) is 3.21. The number of aromatic nitrogens is 4. The van der Waals surface area contributed by atoms with E-state index in [0.29, 0.717) is 12.0 Å². The van der Waals surface area contributed by atoms with E-state index in [9.17, 15) is 4.79 Å². The molecule has 2 aromatic carbocycles.